The standard InChI is InChI=1S/C22H42O5S/c1-5-9-13-19(23)27-22-21(26-16-12-8-4)20(25-15-11-7-3)18(28-22)17-24-14-10-6-2/h18,20-22H,5-17H2,1-4H3/t18-,20-,21+,22?/m0/s1. The number of thioether (sulfide) groups is 1. The van der Waals surface area contributed by atoms with Gasteiger partial charge >= 0.3 is 5.97 Å². The molecule has 1 aliphatic heterocycles. The van der Waals surface area contributed by atoms with Crippen LogP contribution in [0.25, 0.3) is 0 Å². The van der Waals surface area contributed by atoms with Crippen molar-refractivity contribution in [2.75, 3.05) is 26.4 Å². The number of hydrogen-bond donors (Lipinski definition) is 0. The summed E-state index contributed by atoms with van der Waals surface area (Å²) in [4.78, 5) is 12.2. The van der Waals surface area contributed by atoms with Gasteiger partial charge < -0.3 is 18.9 Å². The van der Waals surface area contributed by atoms with Crippen LogP contribution in [-0.4, -0.2) is 55.3 Å². The molecule has 0 aromatic heterocycles. The fraction of sp³-hybridized carbons (Fsp3) is 0.955. The normalized spacial score (nSPS) is 24.6. The highest BCUT2D eigenvalue weighted by atomic mass is 32.2. The first-order valence-electron chi connectivity index (χ1n) is 11.3. The van der Waals surface area contributed by atoms with Gasteiger partial charge in [-0.1, -0.05) is 53.4 Å². The Labute approximate surface area is 176 Å². The van der Waals surface area contributed by atoms with Crippen LogP contribution in [0.15, 0.2) is 0 Å². The Hall–Kier alpha value is -0.300. The lowest BCUT2D eigenvalue weighted by Gasteiger charge is -2.26. The molecule has 1 rings (SSSR count). The molecule has 1 saturated heterocycles. The topological polar surface area (TPSA) is 54.0 Å². The summed E-state index contributed by atoms with van der Waals surface area (Å²) in [5.74, 6) is -0.136. The predicted molar refractivity (Wildman–Crippen MR) is 116 cm³/mol. The van der Waals surface area contributed by atoms with Gasteiger partial charge in [-0.15, -0.1) is 11.8 Å². The van der Waals surface area contributed by atoms with Crippen LogP contribution in [0.4, 0.5) is 0 Å². The zero-order chi connectivity index (χ0) is 20.6. The van der Waals surface area contributed by atoms with Crippen LogP contribution < -0.4 is 0 Å². The van der Waals surface area contributed by atoms with Gasteiger partial charge in [0.25, 0.3) is 0 Å². The molecule has 1 aliphatic rings. The van der Waals surface area contributed by atoms with E-state index in [2.05, 4.69) is 27.7 Å². The Morgan fingerprint density at radius 3 is 1.96 bits per heavy atom. The van der Waals surface area contributed by atoms with E-state index in [9.17, 15) is 4.79 Å². The Balaban J connectivity index is 2.76. The molecular formula is C22H42O5S. The van der Waals surface area contributed by atoms with Crippen LogP contribution in [0, 0.1) is 0 Å². The summed E-state index contributed by atoms with van der Waals surface area (Å²) in [6.45, 7) is 11.3. The number of unbranched alkanes of at least 4 members (excludes halogenated alkanes) is 4. The minimum atomic E-state index is -0.312. The number of carbonyl (C=O) groups is 1. The SMILES string of the molecule is CCCCOC[C@@H]1SC(OC(=O)CCCC)[C@H](OCCCC)[C@H]1OCCCC. The fourth-order valence-corrected chi connectivity index (χ4v) is 4.44. The second-order valence-corrected chi connectivity index (χ2v) is 8.79. The van der Waals surface area contributed by atoms with Gasteiger partial charge in [-0.05, 0) is 25.7 Å². The minimum Gasteiger partial charge on any atom is -0.448 e. The second-order valence-electron chi connectivity index (χ2n) is 7.44. The molecular weight excluding hydrogens is 376 g/mol. The van der Waals surface area contributed by atoms with Gasteiger partial charge in [-0.3, -0.25) is 4.79 Å². The molecule has 0 bridgehead atoms. The maximum absolute atomic E-state index is 12.2. The lowest BCUT2D eigenvalue weighted by Crippen LogP contribution is -2.40. The smallest absolute Gasteiger partial charge is 0.306 e. The maximum atomic E-state index is 12.2. The monoisotopic (exact) mass is 418 g/mol. The second kappa shape index (κ2) is 16.5. The first-order chi connectivity index (χ1) is 13.7. The summed E-state index contributed by atoms with van der Waals surface area (Å²) in [6, 6.07) is 0. The Morgan fingerprint density at radius 1 is 0.786 bits per heavy atom. The van der Waals surface area contributed by atoms with Gasteiger partial charge in [0, 0.05) is 26.2 Å². The molecule has 0 aromatic carbocycles. The van der Waals surface area contributed by atoms with Gasteiger partial charge in [0.1, 0.15) is 12.2 Å². The molecule has 0 spiro atoms. The average Bonchev–Trinajstić information content (AvgIpc) is 3.00. The Bertz CT molecular complexity index is 393. The van der Waals surface area contributed by atoms with Gasteiger partial charge in [-0.25, -0.2) is 0 Å². The molecule has 6 heteroatoms. The van der Waals surface area contributed by atoms with Crippen molar-refractivity contribution < 1.29 is 23.7 Å². The van der Waals surface area contributed by atoms with Gasteiger partial charge in [0.15, 0.2) is 5.44 Å². The zero-order valence-electron chi connectivity index (χ0n) is 18.5. The summed E-state index contributed by atoms with van der Waals surface area (Å²) in [7, 11) is 0. The summed E-state index contributed by atoms with van der Waals surface area (Å²) < 4.78 is 24.1. The van der Waals surface area contributed by atoms with Crippen molar-refractivity contribution in [2.45, 2.75) is 108 Å². The molecule has 0 amide bonds. The first-order valence-corrected chi connectivity index (χ1v) is 12.3. The van der Waals surface area contributed by atoms with E-state index >= 15 is 0 Å². The zero-order valence-corrected chi connectivity index (χ0v) is 19.3. The van der Waals surface area contributed by atoms with E-state index in [4.69, 9.17) is 18.9 Å². The molecule has 4 atom stereocenters. The number of carbonyl (C=O) groups excluding carboxylic acids is 1. The van der Waals surface area contributed by atoms with E-state index < -0.39 is 0 Å². The van der Waals surface area contributed by atoms with Crippen molar-refractivity contribution >= 4 is 17.7 Å². The molecule has 5 nitrogen and oxygen atoms in total. The van der Waals surface area contributed by atoms with Crippen LogP contribution in [-0.2, 0) is 23.7 Å². The largest absolute Gasteiger partial charge is 0.448 e. The molecule has 0 aromatic rings. The van der Waals surface area contributed by atoms with E-state index in [0.717, 1.165) is 58.0 Å². The fourth-order valence-electron chi connectivity index (χ4n) is 2.98. The number of rotatable bonds is 17. The van der Waals surface area contributed by atoms with E-state index in [-0.39, 0.29) is 28.9 Å². The highest BCUT2D eigenvalue weighted by Crippen LogP contribution is 2.39. The number of ether oxygens (including phenoxy) is 4. The molecule has 0 saturated carbocycles. The minimum absolute atomic E-state index is 0.0981. The highest BCUT2D eigenvalue weighted by Gasteiger charge is 2.47. The van der Waals surface area contributed by atoms with Crippen LogP contribution in [0.1, 0.15) is 85.5 Å². The van der Waals surface area contributed by atoms with Gasteiger partial charge in [0.2, 0.25) is 0 Å². The van der Waals surface area contributed by atoms with Crippen molar-refractivity contribution in [3.8, 4) is 0 Å². The lowest BCUT2D eigenvalue weighted by atomic mass is 10.1. The van der Waals surface area contributed by atoms with E-state index in [1.165, 1.54) is 0 Å². The summed E-state index contributed by atoms with van der Waals surface area (Å²) >= 11 is 1.64. The number of hydrogen-bond acceptors (Lipinski definition) is 6. The van der Waals surface area contributed by atoms with Crippen molar-refractivity contribution in [3.63, 3.8) is 0 Å². The molecule has 166 valence electrons. The molecule has 28 heavy (non-hydrogen) atoms. The van der Waals surface area contributed by atoms with Crippen LogP contribution >= 0.6 is 11.8 Å². The van der Waals surface area contributed by atoms with E-state index in [1.807, 2.05) is 0 Å². The van der Waals surface area contributed by atoms with E-state index in [0.29, 0.717) is 26.2 Å². The maximum Gasteiger partial charge on any atom is 0.306 e. The van der Waals surface area contributed by atoms with E-state index in [1.54, 1.807) is 11.8 Å². The first kappa shape index (κ1) is 25.7. The lowest BCUT2D eigenvalue weighted by molar-refractivity contribution is -0.156. The number of esters is 1. The van der Waals surface area contributed by atoms with Crippen molar-refractivity contribution in [1.29, 1.82) is 0 Å². The summed E-state index contributed by atoms with van der Waals surface area (Å²) in [6.07, 6.45) is 8.35. The average molecular weight is 419 g/mol. The van der Waals surface area contributed by atoms with Gasteiger partial charge in [-0.2, -0.15) is 0 Å². The molecule has 0 aliphatic carbocycles. The Morgan fingerprint density at radius 2 is 1.36 bits per heavy atom. The van der Waals surface area contributed by atoms with Crippen LogP contribution in [0.5, 0.6) is 0 Å². The van der Waals surface area contributed by atoms with Crippen LogP contribution in [0.3, 0.4) is 0 Å². The summed E-state index contributed by atoms with van der Waals surface area (Å²) in [5.41, 5.74) is -0.312. The highest BCUT2D eigenvalue weighted by molar-refractivity contribution is 8.00. The van der Waals surface area contributed by atoms with Crippen molar-refractivity contribution in [2.24, 2.45) is 0 Å². The molecule has 1 heterocycles. The molecule has 1 fully saturated rings. The van der Waals surface area contributed by atoms with Crippen molar-refractivity contribution in [1.82, 2.24) is 0 Å². The molecule has 0 N–H and O–H groups in total. The third-order valence-corrected chi connectivity index (χ3v) is 6.18. The van der Waals surface area contributed by atoms with Crippen molar-refractivity contribution in [3.05, 3.63) is 0 Å². The van der Waals surface area contributed by atoms with Gasteiger partial charge in [0.05, 0.1) is 11.9 Å². The molecule has 1 unspecified atom stereocenters. The predicted octanol–water partition coefficient (Wildman–Crippen LogP) is 5.35. The third-order valence-electron chi connectivity index (χ3n) is 4.79. The summed E-state index contributed by atoms with van der Waals surface area (Å²) in [5, 5.41) is 0.129. The third kappa shape index (κ3) is 9.95. The quantitative estimate of drug-likeness (QED) is 0.234. The molecule has 0 radical (unpaired) electrons. The van der Waals surface area contributed by atoms with Crippen LogP contribution in [0.2, 0.25) is 0 Å². The Kier molecular flexibility index (Phi) is 15.2.